The van der Waals surface area contributed by atoms with Gasteiger partial charge in [-0.2, -0.15) is 0 Å². The van der Waals surface area contributed by atoms with Crippen LogP contribution in [0.2, 0.25) is 0 Å². The van der Waals surface area contributed by atoms with Crippen molar-refractivity contribution in [2.24, 2.45) is 0 Å². The minimum atomic E-state index is 0.0189. The van der Waals surface area contributed by atoms with Crippen molar-refractivity contribution in [1.29, 1.82) is 0 Å². The SMILES string of the molecule is CCOCCN(C)C(=O)c1ccc(C)c(Br)c1. The molecule has 4 heteroatoms. The lowest BCUT2D eigenvalue weighted by atomic mass is 10.1. The van der Waals surface area contributed by atoms with Gasteiger partial charge in [-0.1, -0.05) is 22.0 Å². The maximum absolute atomic E-state index is 12.1. The van der Waals surface area contributed by atoms with Gasteiger partial charge >= 0.3 is 0 Å². The summed E-state index contributed by atoms with van der Waals surface area (Å²) in [4.78, 5) is 13.7. The molecular formula is C13H18BrNO2. The number of nitrogens with zero attached hydrogens (tertiary/aromatic N) is 1. The Bertz CT molecular complexity index is 393. The smallest absolute Gasteiger partial charge is 0.253 e. The molecule has 0 atom stereocenters. The number of carbonyl (C=O) groups is 1. The van der Waals surface area contributed by atoms with E-state index in [0.29, 0.717) is 25.3 Å². The molecule has 0 bridgehead atoms. The first-order chi connectivity index (χ1) is 8.06. The van der Waals surface area contributed by atoms with E-state index in [2.05, 4.69) is 15.9 Å². The molecule has 0 radical (unpaired) electrons. The van der Waals surface area contributed by atoms with Gasteiger partial charge in [0, 0.05) is 30.2 Å². The second kappa shape index (κ2) is 6.77. The number of amides is 1. The molecule has 0 spiro atoms. The summed E-state index contributed by atoms with van der Waals surface area (Å²) in [5.74, 6) is 0.0189. The zero-order valence-electron chi connectivity index (χ0n) is 10.5. The third-order valence-corrected chi connectivity index (χ3v) is 3.39. The highest BCUT2D eigenvalue weighted by Gasteiger charge is 2.12. The average Bonchev–Trinajstić information content (AvgIpc) is 2.32. The summed E-state index contributed by atoms with van der Waals surface area (Å²) in [5.41, 5.74) is 1.82. The van der Waals surface area contributed by atoms with Crippen LogP contribution in [0.15, 0.2) is 22.7 Å². The molecule has 0 fully saturated rings. The standard InChI is InChI=1S/C13H18BrNO2/c1-4-17-8-7-15(3)13(16)11-6-5-10(2)12(14)9-11/h5-6,9H,4,7-8H2,1-3H3. The molecule has 17 heavy (non-hydrogen) atoms. The summed E-state index contributed by atoms with van der Waals surface area (Å²) in [6.07, 6.45) is 0. The minimum absolute atomic E-state index is 0.0189. The van der Waals surface area contributed by atoms with E-state index in [0.717, 1.165) is 10.0 Å². The van der Waals surface area contributed by atoms with E-state index in [4.69, 9.17) is 4.74 Å². The fraction of sp³-hybridized carbons (Fsp3) is 0.462. The lowest BCUT2D eigenvalue weighted by Gasteiger charge is -2.17. The number of hydrogen-bond acceptors (Lipinski definition) is 2. The van der Waals surface area contributed by atoms with Gasteiger partial charge in [-0.3, -0.25) is 4.79 Å². The van der Waals surface area contributed by atoms with Crippen LogP contribution in [0.4, 0.5) is 0 Å². The Morgan fingerprint density at radius 2 is 2.18 bits per heavy atom. The normalized spacial score (nSPS) is 10.4. The molecule has 0 aliphatic rings. The largest absolute Gasteiger partial charge is 0.380 e. The summed E-state index contributed by atoms with van der Waals surface area (Å²) in [6, 6.07) is 5.64. The number of halogens is 1. The monoisotopic (exact) mass is 299 g/mol. The highest BCUT2D eigenvalue weighted by Crippen LogP contribution is 2.18. The van der Waals surface area contributed by atoms with E-state index in [-0.39, 0.29) is 5.91 Å². The molecule has 1 aromatic rings. The van der Waals surface area contributed by atoms with Gasteiger partial charge in [-0.15, -0.1) is 0 Å². The van der Waals surface area contributed by atoms with Crippen molar-refractivity contribution >= 4 is 21.8 Å². The Balaban J connectivity index is 2.65. The van der Waals surface area contributed by atoms with E-state index >= 15 is 0 Å². The number of likely N-dealkylation sites (N-methyl/N-ethyl adjacent to an activating group) is 1. The summed E-state index contributed by atoms with van der Waals surface area (Å²) in [7, 11) is 1.79. The molecule has 0 unspecified atom stereocenters. The van der Waals surface area contributed by atoms with Crippen LogP contribution in [0, 0.1) is 6.92 Å². The second-order valence-corrected chi connectivity index (χ2v) is 4.74. The number of ether oxygens (including phenoxy) is 1. The van der Waals surface area contributed by atoms with Crippen molar-refractivity contribution in [2.45, 2.75) is 13.8 Å². The van der Waals surface area contributed by atoms with Crippen LogP contribution < -0.4 is 0 Å². The van der Waals surface area contributed by atoms with Gasteiger partial charge < -0.3 is 9.64 Å². The average molecular weight is 300 g/mol. The first-order valence-corrected chi connectivity index (χ1v) is 6.45. The molecule has 1 rings (SSSR count). The Morgan fingerprint density at radius 3 is 2.76 bits per heavy atom. The molecule has 0 aromatic heterocycles. The molecule has 0 saturated heterocycles. The number of benzene rings is 1. The van der Waals surface area contributed by atoms with Crippen molar-refractivity contribution in [1.82, 2.24) is 4.90 Å². The van der Waals surface area contributed by atoms with Crippen molar-refractivity contribution in [3.05, 3.63) is 33.8 Å². The Labute approximate surface area is 111 Å². The second-order valence-electron chi connectivity index (χ2n) is 3.89. The van der Waals surface area contributed by atoms with Gasteiger partial charge in [0.05, 0.1) is 6.61 Å². The lowest BCUT2D eigenvalue weighted by molar-refractivity contribution is 0.0710. The van der Waals surface area contributed by atoms with Crippen molar-refractivity contribution in [3.8, 4) is 0 Å². The molecule has 0 saturated carbocycles. The minimum Gasteiger partial charge on any atom is -0.380 e. The summed E-state index contributed by atoms with van der Waals surface area (Å²) in [6.45, 7) is 5.80. The van der Waals surface area contributed by atoms with E-state index in [1.807, 2.05) is 32.0 Å². The third kappa shape index (κ3) is 4.13. The predicted octanol–water partition coefficient (Wildman–Crippen LogP) is 2.87. The van der Waals surface area contributed by atoms with Crippen molar-refractivity contribution in [2.75, 3.05) is 26.8 Å². The number of rotatable bonds is 5. The molecule has 94 valence electrons. The first kappa shape index (κ1) is 14.2. The Kier molecular flexibility index (Phi) is 5.65. The predicted molar refractivity (Wildman–Crippen MR) is 72.3 cm³/mol. The van der Waals surface area contributed by atoms with E-state index < -0.39 is 0 Å². The maximum Gasteiger partial charge on any atom is 0.253 e. The molecule has 0 heterocycles. The van der Waals surface area contributed by atoms with Crippen LogP contribution in [0.3, 0.4) is 0 Å². The number of hydrogen-bond donors (Lipinski definition) is 0. The van der Waals surface area contributed by atoms with Crippen LogP contribution in [0.25, 0.3) is 0 Å². The fourth-order valence-electron chi connectivity index (χ4n) is 1.39. The highest BCUT2D eigenvalue weighted by molar-refractivity contribution is 9.10. The van der Waals surface area contributed by atoms with Crippen LogP contribution in [-0.2, 0) is 4.74 Å². The summed E-state index contributed by atoms with van der Waals surface area (Å²) >= 11 is 3.43. The zero-order chi connectivity index (χ0) is 12.8. The molecule has 0 aliphatic carbocycles. The van der Waals surface area contributed by atoms with Gasteiger partial charge in [0.1, 0.15) is 0 Å². The van der Waals surface area contributed by atoms with Gasteiger partial charge in [-0.05, 0) is 31.5 Å². The number of aryl methyl sites for hydroxylation is 1. The van der Waals surface area contributed by atoms with E-state index in [1.165, 1.54) is 0 Å². The zero-order valence-corrected chi connectivity index (χ0v) is 12.1. The van der Waals surface area contributed by atoms with Gasteiger partial charge in [-0.25, -0.2) is 0 Å². The molecule has 0 aliphatic heterocycles. The molecule has 1 aromatic carbocycles. The summed E-state index contributed by atoms with van der Waals surface area (Å²) < 4.78 is 6.19. The fourth-order valence-corrected chi connectivity index (χ4v) is 1.77. The van der Waals surface area contributed by atoms with E-state index in [1.54, 1.807) is 11.9 Å². The van der Waals surface area contributed by atoms with Gasteiger partial charge in [0.15, 0.2) is 0 Å². The number of carbonyl (C=O) groups excluding carboxylic acids is 1. The van der Waals surface area contributed by atoms with Crippen LogP contribution in [0.1, 0.15) is 22.8 Å². The Morgan fingerprint density at radius 1 is 1.47 bits per heavy atom. The quantitative estimate of drug-likeness (QED) is 0.783. The maximum atomic E-state index is 12.1. The van der Waals surface area contributed by atoms with E-state index in [9.17, 15) is 4.79 Å². The van der Waals surface area contributed by atoms with Gasteiger partial charge in [0.2, 0.25) is 0 Å². The summed E-state index contributed by atoms with van der Waals surface area (Å²) in [5, 5.41) is 0. The molecule has 3 nitrogen and oxygen atoms in total. The van der Waals surface area contributed by atoms with Gasteiger partial charge in [0.25, 0.3) is 5.91 Å². The highest BCUT2D eigenvalue weighted by atomic mass is 79.9. The van der Waals surface area contributed by atoms with Crippen LogP contribution >= 0.6 is 15.9 Å². The molecular weight excluding hydrogens is 282 g/mol. The first-order valence-electron chi connectivity index (χ1n) is 5.65. The molecule has 0 N–H and O–H groups in total. The van der Waals surface area contributed by atoms with Crippen molar-refractivity contribution < 1.29 is 9.53 Å². The van der Waals surface area contributed by atoms with Crippen molar-refractivity contribution in [3.63, 3.8) is 0 Å². The van der Waals surface area contributed by atoms with Crippen LogP contribution in [-0.4, -0.2) is 37.6 Å². The topological polar surface area (TPSA) is 29.5 Å². The van der Waals surface area contributed by atoms with Crippen LogP contribution in [0.5, 0.6) is 0 Å². The molecule has 1 amide bonds. The Hall–Kier alpha value is -0.870. The third-order valence-electron chi connectivity index (χ3n) is 2.54. The lowest BCUT2D eigenvalue weighted by Crippen LogP contribution is -2.30.